The molecule has 2 N–H and O–H groups in total. The zero-order valence-corrected chi connectivity index (χ0v) is 9.99. The zero-order valence-electron chi connectivity index (χ0n) is 9.99. The minimum atomic E-state index is -0.412. The van der Waals surface area contributed by atoms with E-state index in [4.69, 9.17) is 5.73 Å². The standard InChI is InChI=1S/C10H21N3O2/c1-5-13(6-2)9(14)7-12(4)8(3)10(11)15/h8H,5-7H2,1-4H3,(H2,11,15). The molecular formula is C10H21N3O2. The van der Waals surface area contributed by atoms with Crippen LogP contribution in [0.2, 0.25) is 0 Å². The highest BCUT2D eigenvalue weighted by molar-refractivity contribution is 5.82. The Labute approximate surface area is 91.2 Å². The molecule has 5 nitrogen and oxygen atoms in total. The molecule has 0 radical (unpaired) electrons. The Bertz CT molecular complexity index is 227. The Kier molecular flexibility index (Phi) is 5.93. The predicted octanol–water partition coefficient (Wildman–Crippen LogP) is -0.340. The average Bonchev–Trinajstić information content (AvgIpc) is 2.18. The lowest BCUT2D eigenvalue weighted by Crippen LogP contribution is -2.46. The van der Waals surface area contributed by atoms with Crippen LogP contribution in [0.15, 0.2) is 0 Å². The molecule has 1 atom stereocenters. The summed E-state index contributed by atoms with van der Waals surface area (Å²) in [6, 6.07) is -0.412. The van der Waals surface area contributed by atoms with E-state index in [0.29, 0.717) is 13.1 Å². The SMILES string of the molecule is CCN(CC)C(=O)CN(C)C(C)C(N)=O. The Hall–Kier alpha value is -1.10. The fourth-order valence-corrected chi connectivity index (χ4v) is 1.24. The van der Waals surface area contributed by atoms with Crippen molar-refractivity contribution >= 4 is 11.8 Å². The highest BCUT2D eigenvalue weighted by Gasteiger charge is 2.19. The van der Waals surface area contributed by atoms with Gasteiger partial charge in [0.25, 0.3) is 0 Å². The molecule has 0 aliphatic heterocycles. The molecule has 0 heterocycles. The normalized spacial score (nSPS) is 12.6. The number of hydrogen-bond acceptors (Lipinski definition) is 3. The molecule has 0 aromatic rings. The Balaban J connectivity index is 4.22. The number of nitrogens with zero attached hydrogens (tertiary/aromatic N) is 2. The summed E-state index contributed by atoms with van der Waals surface area (Å²) in [5.41, 5.74) is 5.15. The van der Waals surface area contributed by atoms with E-state index in [9.17, 15) is 9.59 Å². The largest absolute Gasteiger partial charge is 0.368 e. The number of rotatable bonds is 6. The van der Waals surface area contributed by atoms with Crippen LogP contribution >= 0.6 is 0 Å². The maximum atomic E-state index is 11.7. The molecular weight excluding hydrogens is 194 g/mol. The third-order valence-electron chi connectivity index (χ3n) is 2.57. The van der Waals surface area contributed by atoms with Gasteiger partial charge in [0, 0.05) is 13.1 Å². The molecule has 15 heavy (non-hydrogen) atoms. The van der Waals surface area contributed by atoms with E-state index in [2.05, 4.69) is 0 Å². The summed E-state index contributed by atoms with van der Waals surface area (Å²) in [6.07, 6.45) is 0. The lowest BCUT2D eigenvalue weighted by atomic mass is 10.3. The van der Waals surface area contributed by atoms with Crippen LogP contribution in [0.1, 0.15) is 20.8 Å². The zero-order chi connectivity index (χ0) is 12.0. The molecule has 0 aromatic heterocycles. The summed E-state index contributed by atoms with van der Waals surface area (Å²) in [5.74, 6) is -0.388. The van der Waals surface area contributed by atoms with Crippen molar-refractivity contribution in [2.75, 3.05) is 26.7 Å². The van der Waals surface area contributed by atoms with Gasteiger partial charge in [-0.15, -0.1) is 0 Å². The topological polar surface area (TPSA) is 66.6 Å². The number of likely N-dealkylation sites (N-methyl/N-ethyl adjacent to an activating group) is 2. The van der Waals surface area contributed by atoms with Crippen LogP contribution in [-0.2, 0) is 9.59 Å². The summed E-state index contributed by atoms with van der Waals surface area (Å²) < 4.78 is 0. The fraction of sp³-hybridized carbons (Fsp3) is 0.800. The van der Waals surface area contributed by atoms with Gasteiger partial charge in [-0.2, -0.15) is 0 Å². The average molecular weight is 215 g/mol. The number of hydrogen-bond donors (Lipinski definition) is 1. The second-order valence-electron chi connectivity index (χ2n) is 3.56. The van der Waals surface area contributed by atoms with Crippen LogP contribution in [0.3, 0.4) is 0 Å². The lowest BCUT2D eigenvalue weighted by molar-refractivity contribution is -0.133. The second kappa shape index (κ2) is 6.40. The molecule has 0 rings (SSSR count). The van der Waals surface area contributed by atoms with E-state index in [0.717, 1.165) is 0 Å². The van der Waals surface area contributed by atoms with Crippen LogP contribution in [-0.4, -0.2) is 54.3 Å². The Morgan fingerprint density at radius 1 is 1.27 bits per heavy atom. The molecule has 0 spiro atoms. The van der Waals surface area contributed by atoms with Crippen molar-refractivity contribution in [3.05, 3.63) is 0 Å². The summed E-state index contributed by atoms with van der Waals surface area (Å²) in [4.78, 5) is 25.9. The first-order valence-corrected chi connectivity index (χ1v) is 5.21. The number of primary amides is 1. The maximum absolute atomic E-state index is 11.7. The van der Waals surface area contributed by atoms with Crippen LogP contribution in [0.25, 0.3) is 0 Å². The van der Waals surface area contributed by atoms with Gasteiger partial charge in [-0.1, -0.05) is 0 Å². The minimum Gasteiger partial charge on any atom is -0.368 e. The highest BCUT2D eigenvalue weighted by Crippen LogP contribution is 1.97. The van der Waals surface area contributed by atoms with Gasteiger partial charge in [0.05, 0.1) is 12.6 Å². The summed E-state index contributed by atoms with van der Waals surface area (Å²) >= 11 is 0. The first kappa shape index (κ1) is 13.9. The maximum Gasteiger partial charge on any atom is 0.236 e. The summed E-state index contributed by atoms with van der Waals surface area (Å²) in [5, 5.41) is 0. The number of carbonyl (C=O) groups is 2. The third kappa shape index (κ3) is 4.29. The molecule has 1 unspecified atom stereocenters. The molecule has 0 aliphatic rings. The van der Waals surface area contributed by atoms with Gasteiger partial charge < -0.3 is 10.6 Å². The van der Waals surface area contributed by atoms with Gasteiger partial charge in [-0.05, 0) is 27.8 Å². The van der Waals surface area contributed by atoms with Gasteiger partial charge in [-0.25, -0.2) is 0 Å². The molecule has 0 bridgehead atoms. The van der Waals surface area contributed by atoms with Gasteiger partial charge in [-0.3, -0.25) is 14.5 Å². The monoisotopic (exact) mass is 215 g/mol. The van der Waals surface area contributed by atoms with Crippen molar-refractivity contribution < 1.29 is 9.59 Å². The van der Waals surface area contributed by atoms with Gasteiger partial charge in [0.1, 0.15) is 0 Å². The number of amides is 2. The second-order valence-corrected chi connectivity index (χ2v) is 3.56. The molecule has 0 saturated carbocycles. The van der Waals surface area contributed by atoms with Crippen LogP contribution < -0.4 is 5.73 Å². The highest BCUT2D eigenvalue weighted by atomic mass is 16.2. The van der Waals surface area contributed by atoms with Crippen LogP contribution in [0.5, 0.6) is 0 Å². The molecule has 0 aliphatic carbocycles. The lowest BCUT2D eigenvalue weighted by Gasteiger charge is -2.25. The van der Waals surface area contributed by atoms with Gasteiger partial charge >= 0.3 is 0 Å². The van der Waals surface area contributed by atoms with E-state index >= 15 is 0 Å². The molecule has 0 aromatic carbocycles. The quantitative estimate of drug-likeness (QED) is 0.659. The molecule has 2 amide bonds. The molecule has 88 valence electrons. The summed E-state index contributed by atoms with van der Waals surface area (Å²) in [6.45, 7) is 7.16. The van der Waals surface area contributed by atoms with E-state index in [1.165, 1.54) is 0 Å². The van der Waals surface area contributed by atoms with E-state index in [-0.39, 0.29) is 12.5 Å². The van der Waals surface area contributed by atoms with E-state index in [1.54, 1.807) is 23.8 Å². The number of nitrogens with two attached hydrogens (primary N) is 1. The van der Waals surface area contributed by atoms with Crippen molar-refractivity contribution in [1.82, 2.24) is 9.80 Å². The molecule has 0 saturated heterocycles. The van der Waals surface area contributed by atoms with E-state index < -0.39 is 11.9 Å². The first-order chi connectivity index (χ1) is 6.93. The van der Waals surface area contributed by atoms with Gasteiger partial charge in [0.2, 0.25) is 11.8 Å². The smallest absolute Gasteiger partial charge is 0.236 e. The van der Waals surface area contributed by atoms with Crippen molar-refractivity contribution in [2.45, 2.75) is 26.8 Å². The minimum absolute atomic E-state index is 0.0237. The van der Waals surface area contributed by atoms with Crippen molar-refractivity contribution in [1.29, 1.82) is 0 Å². The predicted molar refractivity (Wildman–Crippen MR) is 59.2 cm³/mol. The Morgan fingerprint density at radius 3 is 2.07 bits per heavy atom. The van der Waals surface area contributed by atoms with Gasteiger partial charge in [0.15, 0.2) is 0 Å². The van der Waals surface area contributed by atoms with Crippen molar-refractivity contribution in [3.63, 3.8) is 0 Å². The Morgan fingerprint density at radius 2 is 1.73 bits per heavy atom. The molecule has 5 heteroatoms. The van der Waals surface area contributed by atoms with Crippen LogP contribution in [0, 0.1) is 0 Å². The molecule has 0 fully saturated rings. The third-order valence-corrected chi connectivity index (χ3v) is 2.57. The first-order valence-electron chi connectivity index (χ1n) is 5.21. The summed E-state index contributed by atoms with van der Waals surface area (Å²) in [7, 11) is 1.72. The van der Waals surface area contributed by atoms with Crippen LogP contribution in [0.4, 0.5) is 0 Å². The van der Waals surface area contributed by atoms with Crippen molar-refractivity contribution in [3.8, 4) is 0 Å². The number of carbonyl (C=O) groups excluding carboxylic acids is 2. The fourth-order valence-electron chi connectivity index (χ4n) is 1.24. The van der Waals surface area contributed by atoms with Crippen molar-refractivity contribution in [2.24, 2.45) is 5.73 Å². The van der Waals surface area contributed by atoms with E-state index in [1.807, 2.05) is 13.8 Å².